The van der Waals surface area contributed by atoms with Gasteiger partial charge in [-0.05, 0) is 24.6 Å². The number of benzene rings is 1. The summed E-state index contributed by atoms with van der Waals surface area (Å²) in [6.45, 7) is 4.15. The molecule has 0 saturated carbocycles. The third-order valence-corrected chi connectivity index (χ3v) is 5.43. The maximum atomic E-state index is 11.3. The Morgan fingerprint density at radius 1 is 1.15 bits per heavy atom. The molecule has 5 nitrogen and oxygen atoms in total. The van der Waals surface area contributed by atoms with Gasteiger partial charge in [0.05, 0.1) is 10.0 Å². The van der Waals surface area contributed by atoms with Gasteiger partial charge in [0.1, 0.15) is 0 Å². The minimum atomic E-state index is -3.58. The summed E-state index contributed by atoms with van der Waals surface area (Å²) in [6.07, 6.45) is 0. The van der Waals surface area contributed by atoms with Crippen LogP contribution in [0.5, 0.6) is 0 Å². The van der Waals surface area contributed by atoms with E-state index in [0.717, 1.165) is 5.56 Å². The van der Waals surface area contributed by atoms with Crippen LogP contribution in [0.2, 0.25) is 10.0 Å². The first-order chi connectivity index (χ1) is 9.29. The Balaban J connectivity index is 2.04. The molecule has 0 radical (unpaired) electrons. The summed E-state index contributed by atoms with van der Waals surface area (Å²) in [7, 11) is -3.58. The van der Waals surface area contributed by atoms with Crippen LogP contribution in [0.3, 0.4) is 0 Å². The second-order valence-electron chi connectivity index (χ2n) is 4.83. The van der Waals surface area contributed by atoms with Crippen molar-refractivity contribution in [3.05, 3.63) is 33.8 Å². The van der Waals surface area contributed by atoms with E-state index >= 15 is 0 Å². The summed E-state index contributed by atoms with van der Waals surface area (Å²) in [5.41, 5.74) is 1.06. The summed E-state index contributed by atoms with van der Waals surface area (Å²) in [5, 5.41) is 6.18. The van der Waals surface area contributed by atoms with E-state index in [1.165, 1.54) is 4.31 Å². The van der Waals surface area contributed by atoms with Crippen molar-refractivity contribution in [2.45, 2.75) is 13.0 Å². The van der Waals surface area contributed by atoms with Gasteiger partial charge in [-0.15, -0.1) is 0 Å². The molecular formula is C12H17Cl2N3O2S. The zero-order valence-corrected chi connectivity index (χ0v) is 13.4. The minimum Gasteiger partial charge on any atom is -0.294 e. The molecular weight excluding hydrogens is 321 g/mol. The van der Waals surface area contributed by atoms with Crippen molar-refractivity contribution in [3.63, 3.8) is 0 Å². The second-order valence-corrected chi connectivity index (χ2v) is 7.19. The van der Waals surface area contributed by atoms with Gasteiger partial charge < -0.3 is 0 Å². The number of rotatable bonds is 3. The summed E-state index contributed by atoms with van der Waals surface area (Å²) >= 11 is 11.9. The number of nitrogens with two attached hydrogens (primary N) is 1. The summed E-state index contributed by atoms with van der Waals surface area (Å²) in [4.78, 5) is 2.20. The van der Waals surface area contributed by atoms with Crippen LogP contribution in [-0.2, 0) is 10.2 Å². The van der Waals surface area contributed by atoms with Gasteiger partial charge in [-0.25, -0.2) is 5.14 Å². The maximum absolute atomic E-state index is 11.3. The highest BCUT2D eigenvalue weighted by Crippen LogP contribution is 2.28. The Morgan fingerprint density at radius 3 is 2.25 bits per heavy atom. The van der Waals surface area contributed by atoms with Crippen molar-refractivity contribution >= 4 is 33.4 Å². The van der Waals surface area contributed by atoms with Crippen LogP contribution >= 0.6 is 23.2 Å². The average molecular weight is 338 g/mol. The van der Waals surface area contributed by atoms with Crippen LogP contribution in [0, 0.1) is 0 Å². The third-order valence-electron chi connectivity index (χ3n) is 3.61. The first-order valence-corrected chi connectivity index (χ1v) is 8.52. The van der Waals surface area contributed by atoms with E-state index in [1.54, 1.807) is 6.07 Å². The highest BCUT2D eigenvalue weighted by Gasteiger charge is 2.26. The Morgan fingerprint density at radius 2 is 1.75 bits per heavy atom. The van der Waals surface area contributed by atoms with Gasteiger partial charge in [-0.2, -0.15) is 12.7 Å². The molecule has 20 heavy (non-hydrogen) atoms. The van der Waals surface area contributed by atoms with Crippen LogP contribution in [0.25, 0.3) is 0 Å². The van der Waals surface area contributed by atoms with Gasteiger partial charge in [0.15, 0.2) is 0 Å². The van der Waals surface area contributed by atoms with Crippen molar-refractivity contribution in [2.75, 3.05) is 26.2 Å². The molecule has 1 saturated heterocycles. The Hall–Kier alpha value is -0.370. The van der Waals surface area contributed by atoms with Gasteiger partial charge in [-0.1, -0.05) is 29.3 Å². The van der Waals surface area contributed by atoms with E-state index in [0.29, 0.717) is 36.2 Å². The molecule has 0 aromatic heterocycles. The lowest BCUT2D eigenvalue weighted by atomic mass is 10.1. The molecule has 1 aliphatic heterocycles. The summed E-state index contributed by atoms with van der Waals surface area (Å²) < 4.78 is 23.8. The molecule has 2 rings (SSSR count). The van der Waals surface area contributed by atoms with Crippen LogP contribution in [0.1, 0.15) is 18.5 Å². The highest BCUT2D eigenvalue weighted by molar-refractivity contribution is 7.86. The third kappa shape index (κ3) is 3.63. The lowest BCUT2D eigenvalue weighted by molar-refractivity contribution is 0.146. The Kier molecular flexibility index (Phi) is 4.94. The molecule has 1 atom stereocenters. The predicted molar refractivity (Wildman–Crippen MR) is 81.1 cm³/mol. The van der Waals surface area contributed by atoms with Gasteiger partial charge in [-0.3, -0.25) is 4.90 Å². The summed E-state index contributed by atoms with van der Waals surface area (Å²) in [5.74, 6) is 0. The number of piperazine rings is 1. The molecule has 1 fully saturated rings. The van der Waals surface area contributed by atoms with Crippen molar-refractivity contribution in [3.8, 4) is 0 Å². The fourth-order valence-electron chi connectivity index (χ4n) is 2.33. The van der Waals surface area contributed by atoms with Crippen molar-refractivity contribution < 1.29 is 8.42 Å². The van der Waals surface area contributed by atoms with E-state index in [-0.39, 0.29) is 6.04 Å². The van der Waals surface area contributed by atoms with E-state index in [1.807, 2.05) is 12.1 Å². The van der Waals surface area contributed by atoms with Gasteiger partial charge in [0.2, 0.25) is 0 Å². The summed E-state index contributed by atoms with van der Waals surface area (Å²) in [6, 6.07) is 5.70. The standard InChI is InChI=1S/C12H17Cl2N3O2S/c1-9(10-2-3-11(13)12(14)8-10)16-4-6-17(7-5-16)20(15,18)19/h2-3,8-9H,4-7H2,1H3,(H2,15,18,19). The van der Waals surface area contributed by atoms with Crippen LogP contribution in [-0.4, -0.2) is 43.8 Å². The SMILES string of the molecule is CC(c1ccc(Cl)c(Cl)c1)N1CCN(S(N)(=O)=O)CC1. The fraction of sp³-hybridized carbons (Fsp3) is 0.500. The second kappa shape index (κ2) is 6.17. The monoisotopic (exact) mass is 337 g/mol. The number of hydrogen-bond donors (Lipinski definition) is 1. The van der Waals surface area contributed by atoms with E-state index in [9.17, 15) is 8.42 Å². The number of nitrogens with zero attached hydrogens (tertiary/aromatic N) is 2. The first-order valence-electron chi connectivity index (χ1n) is 6.26. The van der Waals surface area contributed by atoms with Crippen LogP contribution in [0.4, 0.5) is 0 Å². The fourth-order valence-corrected chi connectivity index (χ4v) is 3.31. The molecule has 0 spiro atoms. The smallest absolute Gasteiger partial charge is 0.276 e. The Labute approximate surface area is 129 Å². The van der Waals surface area contributed by atoms with Crippen LogP contribution < -0.4 is 5.14 Å². The van der Waals surface area contributed by atoms with Crippen molar-refractivity contribution in [1.82, 2.24) is 9.21 Å². The maximum Gasteiger partial charge on any atom is 0.276 e. The zero-order valence-electron chi connectivity index (χ0n) is 11.1. The lowest BCUT2D eigenvalue weighted by Crippen LogP contribution is -2.51. The molecule has 1 aromatic rings. The van der Waals surface area contributed by atoms with E-state index in [2.05, 4.69) is 11.8 Å². The quantitative estimate of drug-likeness (QED) is 0.915. The molecule has 0 aliphatic carbocycles. The van der Waals surface area contributed by atoms with E-state index in [4.69, 9.17) is 28.3 Å². The van der Waals surface area contributed by atoms with Crippen LogP contribution in [0.15, 0.2) is 18.2 Å². The molecule has 1 aliphatic rings. The van der Waals surface area contributed by atoms with Crippen molar-refractivity contribution in [1.29, 1.82) is 0 Å². The first kappa shape index (κ1) is 16.0. The molecule has 1 heterocycles. The number of halogens is 2. The molecule has 8 heteroatoms. The van der Waals surface area contributed by atoms with Crippen molar-refractivity contribution in [2.24, 2.45) is 5.14 Å². The van der Waals surface area contributed by atoms with E-state index < -0.39 is 10.2 Å². The Bertz CT molecular complexity index is 586. The lowest BCUT2D eigenvalue weighted by Gasteiger charge is -2.36. The molecule has 1 aromatic carbocycles. The predicted octanol–water partition coefficient (Wildman–Crippen LogP) is 1.88. The average Bonchev–Trinajstić information content (AvgIpc) is 2.40. The zero-order chi connectivity index (χ0) is 14.9. The number of hydrogen-bond acceptors (Lipinski definition) is 3. The normalized spacial score (nSPS) is 20.0. The molecule has 2 N–H and O–H groups in total. The molecule has 112 valence electrons. The van der Waals surface area contributed by atoms with Gasteiger partial charge >= 0.3 is 0 Å². The molecule has 0 amide bonds. The molecule has 0 bridgehead atoms. The molecule has 1 unspecified atom stereocenters. The highest BCUT2D eigenvalue weighted by atomic mass is 35.5. The topological polar surface area (TPSA) is 66.6 Å². The largest absolute Gasteiger partial charge is 0.294 e. The van der Waals surface area contributed by atoms with Gasteiger partial charge in [0, 0.05) is 32.2 Å². The van der Waals surface area contributed by atoms with Gasteiger partial charge in [0.25, 0.3) is 10.2 Å². The minimum absolute atomic E-state index is 0.146.